The Morgan fingerprint density at radius 3 is 2.40 bits per heavy atom. The number of ether oxygens (including phenoxy) is 2. The maximum absolute atomic E-state index is 13.4. The Kier molecular flexibility index (Phi) is 7.40. The lowest BCUT2D eigenvalue weighted by Crippen LogP contribution is -2.49. The fraction of sp³-hybridized carbons (Fsp3) is 0.290. The van der Waals surface area contributed by atoms with Crippen molar-refractivity contribution in [1.82, 2.24) is 15.5 Å². The molecule has 42 heavy (non-hydrogen) atoms. The smallest absolute Gasteiger partial charge is 0.251 e. The van der Waals surface area contributed by atoms with Crippen molar-refractivity contribution in [2.45, 2.75) is 31.2 Å². The summed E-state index contributed by atoms with van der Waals surface area (Å²) in [6.07, 6.45) is 0.188. The summed E-state index contributed by atoms with van der Waals surface area (Å²) in [6, 6.07) is 18.2. The van der Waals surface area contributed by atoms with Crippen LogP contribution in [-0.4, -0.2) is 66.6 Å². The van der Waals surface area contributed by atoms with Gasteiger partial charge in [-0.2, -0.15) is 0 Å². The van der Waals surface area contributed by atoms with E-state index in [9.17, 15) is 14.4 Å². The lowest BCUT2D eigenvalue weighted by Gasteiger charge is -2.25. The Labute approximate surface area is 246 Å². The number of nitrogens with one attached hydrogen (secondary N) is 3. The Bertz CT molecular complexity index is 1710. The average molecular weight is 586 g/mol. The number of nitrogen functional groups attached to an aromatic ring is 1. The molecule has 0 saturated carbocycles. The first-order valence-electron chi connectivity index (χ1n) is 13.7. The van der Waals surface area contributed by atoms with Crippen LogP contribution < -0.4 is 16.4 Å². The fourth-order valence-electron chi connectivity index (χ4n) is 5.58. The van der Waals surface area contributed by atoms with Crippen molar-refractivity contribution in [3.63, 3.8) is 0 Å². The highest BCUT2D eigenvalue weighted by atomic mass is 32.1. The maximum atomic E-state index is 13.4. The molecule has 2 saturated heterocycles. The zero-order chi connectivity index (χ0) is 29.4. The van der Waals surface area contributed by atoms with Gasteiger partial charge in [0.2, 0.25) is 11.8 Å². The van der Waals surface area contributed by atoms with Crippen LogP contribution >= 0.6 is 11.3 Å². The van der Waals surface area contributed by atoms with Crippen molar-refractivity contribution in [2.24, 2.45) is 5.73 Å². The van der Waals surface area contributed by atoms with E-state index in [0.29, 0.717) is 24.3 Å². The average Bonchev–Trinajstić information content (AvgIpc) is 3.75. The molecule has 2 aliphatic rings. The van der Waals surface area contributed by atoms with Crippen LogP contribution in [0, 0.1) is 5.41 Å². The van der Waals surface area contributed by atoms with Gasteiger partial charge in [0.1, 0.15) is 11.9 Å². The van der Waals surface area contributed by atoms with Crippen molar-refractivity contribution in [1.29, 1.82) is 5.41 Å². The minimum absolute atomic E-state index is 0.0414. The quantitative estimate of drug-likeness (QED) is 0.149. The summed E-state index contributed by atoms with van der Waals surface area (Å²) in [4.78, 5) is 42.2. The maximum Gasteiger partial charge on any atom is 0.251 e. The van der Waals surface area contributed by atoms with Gasteiger partial charge in [-0.05, 0) is 58.8 Å². The van der Waals surface area contributed by atoms with Gasteiger partial charge in [0.05, 0.1) is 32.3 Å². The van der Waals surface area contributed by atoms with Crippen LogP contribution in [0.5, 0.6) is 0 Å². The van der Waals surface area contributed by atoms with Gasteiger partial charge >= 0.3 is 0 Å². The van der Waals surface area contributed by atoms with Crippen LogP contribution in [0.2, 0.25) is 0 Å². The molecule has 2 fully saturated rings. The van der Waals surface area contributed by atoms with Gasteiger partial charge in [-0.25, -0.2) is 0 Å². The van der Waals surface area contributed by atoms with Crippen LogP contribution in [0.1, 0.15) is 40.2 Å². The van der Waals surface area contributed by atoms with E-state index in [1.807, 2.05) is 49.4 Å². The van der Waals surface area contributed by atoms with Gasteiger partial charge in [-0.1, -0.05) is 30.3 Å². The first-order valence-corrected chi connectivity index (χ1v) is 14.6. The number of amides is 3. The molecule has 0 aliphatic carbocycles. The second-order valence-electron chi connectivity index (χ2n) is 10.7. The standard InChI is InChI=1S/C31H31N5O5S/c1-18(26-13-24(16-42-26)28(32)33)35-30(39)25-14-31(40-8-9-41-31)17-36(25)27(37)15-34-29(38)22-7-6-21-10-19-4-2-3-5-20(19)11-23(21)12-22/h2-7,10-13,16,18,25H,8-9,14-15,17H2,1H3,(H3,32,33)(H,34,38)(H,35,39)/t18?,25-/m0/s1. The van der Waals surface area contributed by atoms with Gasteiger partial charge < -0.3 is 30.7 Å². The van der Waals surface area contributed by atoms with Crippen molar-refractivity contribution in [2.75, 3.05) is 26.3 Å². The summed E-state index contributed by atoms with van der Waals surface area (Å²) >= 11 is 1.39. The van der Waals surface area contributed by atoms with Gasteiger partial charge in [-0.3, -0.25) is 19.8 Å². The number of hydrogen-bond acceptors (Lipinski definition) is 7. The summed E-state index contributed by atoms with van der Waals surface area (Å²) in [5, 5.41) is 19.2. The number of hydrogen-bond donors (Lipinski definition) is 4. The molecule has 2 atom stereocenters. The lowest BCUT2D eigenvalue weighted by atomic mass is 10.0. The molecule has 4 aromatic rings. The van der Waals surface area contributed by atoms with Gasteiger partial charge in [0.25, 0.3) is 5.91 Å². The molecular weight excluding hydrogens is 554 g/mol. The third-order valence-electron chi connectivity index (χ3n) is 7.81. The highest BCUT2D eigenvalue weighted by Gasteiger charge is 2.52. The Hall–Kier alpha value is -4.32. The number of nitrogens with zero attached hydrogens (tertiary/aromatic N) is 1. The second-order valence-corrected chi connectivity index (χ2v) is 11.6. The molecule has 3 heterocycles. The zero-order valence-electron chi connectivity index (χ0n) is 23.0. The van der Waals surface area contributed by atoms with E-state index < -0.39 is 17.7 Å². The molecule has 6 rings (SSSR count). The number of thiophene rings is 1. The monoisotopic (exact) mass is 585 g/mol. The first-order chi connectivity index (χ1) is 20.2. The van der Waals surface area contributed by atoms with Crippen LogP contribution in [0.4, 0.5) is 0 Å². The summed E-state index contributed by atoms with van der Waals surface area (Å²) in [6.45, 7) is 2.40. The molecule has 0 radical (unpaired) electrons. The highest BCUT2D eigenvalue weighted by Crippen LogP contribution is 2.35. The van der Waals surface area contributed by atoms with Gasteiger partial charge in [-0.15, -0.1) is 11.3 Å². The topological polar surface area (TPSA) is 147 Å². The lowest BCUT2D eigenvalue weighted by molar-refractivity contribution is -0.152. The zero-order valence-corrected chi connectivity index (χ0v) is 23.8. The van der Waals surface area contributed by atoms with E-state index >= 15 is 0 Å². The Morgan fingerprint density at radius 1 is 1.02 bits per heavy atom. The third-order valence-corrected chi connectivity index (χ3v) is 8.93. The fourth-order valence-corrected chi connectivity index (χ4v) is 6.50. The van der Waals surface area contributed by atoms with Crippen molar-refractivity contribution >= 4 is 56.4 Å². The van der Waals surface area contributed by atoms with E-state index in [2.05, 4.69) is 16.7 Å². The number of carbonyl (C=O) groups excluding carboxylic acids is 3. The van der Waals surface area contributed by atoms with Crippen LogP contribution in [0.15, 0.2) is 66.0 Å². The summed E-state index contributed by atoms with van der Waals surface area (Å²) in [5.74, 6) is -2.22. The first kappa shape index (κ1) is 27.8. The number of fused-ring (bicyclic) bond motifs is 2. The van der Waals surface area contributed by atoms with E-state index in [-0.39, 0.29) is 43.2 Å². The van der Waals surface area contributed by atoms with E-state index in [4.69, 9.17) is 20.6 Å². The number of benzene rings is 3. The number of nitrogens with two attached hydrogens (primary N) is 1. The van der Waals surface area contributed by atoms with Crippen LogP contribution in [-0.2, 0) is 19.1 Å². The minimum atomic E-state index is -1.04. The summed E-state index contributed by atoms with van der Waals surface area (Å²) in [7, 11) is 0. The predicted octanol–water partition coefficient (Wildman–Crippen LogP) is 3.29. The molecule has 5 N–H and O–H groups in total. The molecule has 1 unspecified atom stereocenters. The predicted molar refractivity (Wildman–Crippen MR) is 160 cm³/mol. The number of likely N-dealkylation sites (tertiary alicyclic amines) is 1. The summed E-state index contributed by atoms with van der Waals surface area (Å²) in [5.41, 5.74) is 6.61. The SMILES string of the molecule is CC(NC(=O)[C@@H]1CC2(CN1C(=O)CNC(=O)c1ccc3cc4ccccc4cc3c1)OCCO2)c1cc(C(=N)N)cs1. The minimum Gasteiger partial charge on any atom is -0.384 e. The molecule has 10 nitrogen and oxygen atoms in total. The largest absolute Gasteiger partial charge is 0.384 e. The number of rotatable bonds is 7. The molecule has 2 aliphatic heterocycles. The molecule has 216 valence electrons. The molecule has 3 aromatic carbocycles. The molecular formula is C31H31N5O5S. The van der Waals surface area contributed by atoms with Gasteiger partial charge in [0, 0.05) is 27.8 Å². The van der Waals surface area contributed by atoms with Crippen LogP contribution in [0.25, 0.3) is 21.5 Å². The van der Waals surface area contributed by atoms with E-state index in [1.54, 1.807) is 17.5 Å². The normalized spacial score (nSPS) is 18.4. The molecule has 1 spiro atoms. The van der Waals surface area contributed by atoms with Crippen LogP contribution in [0.3, 0.4) is 0 Å². The second kappa shape index (κ2) is 11.2. The van der Waals surface area contributed by atoms with E-state index in [0.717, 1.165) is 26.4 Å². The number of carbonyl (C=O) groups is 3. The Balaban J connectivity index is 1.14. The van der Waals surface area contributed by atoms with Gasteiger partial charge in [0.15, 0.2) is 5.79 Å². The van der Waals surface area contributed by atoms with Crippen molar-refractivity contribution in [3.8, 4) is 0 Å². The van der Waals surface area contributed by atoms with Crippen molar-refractivity contribution in [3.05, 3.63) is 82.0 Å². The van der Waals surface area contributed by atoms with E-state index in [1.165, 1.54) is 16.2 Å². The third kappa shape index (κ3) is 5.46. The number of amidine groups is 1. The molecule has 11 heteroatoms. The molecule has 1 aromatic heterocycles. The molecule has 3 amide bonds. The van der Waals surface area contributed by atoms with Crippen molar-refractivity contribution < 1.29 is 23.9 Å². The summed E-state index contributed by atoms with van der Waals surface area (Å²) < 4.78 is 11.7. The molecule has 0 bridgehead atoms. The Morgan fingerprint density at radius 2 is 1.71 bits per heavy atom. The highest BCUT2D eigenvalue weighted by molar-refractivity contribution is 7.10.